The van der Waals surface area contributed by atoms with Gasteiger partial charge in [-0.15, -0.1) is 10.2 Å². The topological polar surface area (TPSA) is 63.9 Å². The number of piperazine rings is 1. The lowest BCUT2D eigenvalue weighted by Crippen LogP contribution is -2.45. The molecule has 122 valence electrons. The van der Waals surface area contributed by atoms with Gasteiger partial charge >= 0.3 is 0 Å². The first-order chi connectivity index (χ1) is 11.3. The van der Waals surface area contributed by atoms with E-state index in [4.69, 9.17) is 13.9 Å². The summed E-state index contributed by atoms with van der Waals surface area (Å²) in [6.07, 6.45) is 0. The first-order valence-corrected chi connectivity index (χ1v) is 7.88. The van der Waals surface area contributed by atoms with Crippen molar-refractivity contribution in [1.82, 2.24) is 20.0 Å². The van der Waals surface area contributed by atoms with Gasteiger partial charge in [-0.05, 0) is 17.7 Å². The number of hydrogen-bond acceptors (Lipinski definition) is 7. The van der Waals surface area contributed by atoms with Crippen molar-refractivity contribution in [2.24, 2.45) is 0 Å². The van der Waals surface area contributed by atoms with Crippen molar-refractivity contribution in [2.45, 2.75) is 20.0 Å². The summed E-state index contributed by atoms with van der Waals surface area (Å²) in [6.45, 7) is 7.89. The van der Waals surface area contributed by atoms with Crippen molar-refractivity contribution in [3.05, 3.63) is 35.5 Å². The smallest absolute Gasteiger partial charge is 0.231 e. The number of nitrogens with zero attached hydrogens (tertiary/aromatic N) is 4. The molecule has 0 aliphatic carbocycles. The number of benzene rings is 1. The molecule has 0 radical (unpaired) electrons. The first kappa shape index (κ1) is 14.5. The highest BCUT2D eigenvalue weighted by atomic mass is 16.7. The minimum atomic E-state index is 0.326. The van der Waals surface area contributed by atoms with E-state index in [-0.39, 0.29) is 0 Å². The zero-order chi connectivity index (χ0) is 15.6. The van der Waals surface area contributed by atoms with Gasteiger partial charge in [0.25, 0.3) is 0 Å². The van der Waals surface area contributed by atoms with Gasteiger partial charge in [0.1, 0.15) is 0 Å². The van der Waals surface area contributed by atoms with Gasteiger partial charge in [0, 0.05) is 39.6 Å². The molecule has 2 aliphatic rings. The zero-order valence-corrected chi connectivity index (χ0v) is 13.2. The summed E-state index contributed by atoms with van der Waals surface area (Å²) < 4.78 is 16.2. The van der Waals surface area contributed by atoms with Crippen LogP contribution in [0.25, 0.3) is 0 Å². The minimum absolute atomic E-state index is 0.326. The minimum Gasteiger partial charge on any atom is -0.454 e. The van der Waals surface area contributed by atoms with Crippen molar-refractivity contribution < 1.29 is 13.9 Å². The maximum atomic E-state index is 5.45. The molecular weight excluding hydrogens is 296 g/mol. The molecule has 0 saturated carbocycles. The predicted molar refractivity (Wildman–Crippen MR) is 82.2 cm³/mol. The van der Waals surface area contributed by atoms with Crippen molar-refractivity contribution in [1.29, 1.82) is 0 Å². The van der Waals surface area contributed by atoms with Crippen molar-refractivity contribution in [3.63, 3.8) is 0 Å². The molecule has 23 heavy (non-hydrogen) atoms. The molecule has 0 amide bonds. The van der Waals surface area contributed by atoms with Gasteiger partial charge in [0.2, 0.25) is 18.6 Å². The molecule has 0 N–H and O–H groups in total. The summed E-state index contributed by atoms with van der Waals surface area (Å²) in [5.74, 6) is 3.02. The number of rotatable bonds is 4. The molecule has 7 heteroatoms. The van der Waals surface area contributed by atoms with E-state index < -0.39 is 0 Å². The molecule has 1 aromatic heterocycles. The third kappa shape index (κ3) is 3.30. The Bertz CT molecular complexity index is 680. The third-order valence-corrected chi connectivity index (χ3v) is 4.23. The number of aromatic nitrogens is 2. The first-order valence-electron chi connectivity index (χ1n) is 7.88. The second-order valence-corrected chi connectivity index (χ2v) is 5.95. The van der Waals surface area contributed by atoms with E-state index in [0.717, 1.165) is 50.8 Å². The predicted octanol–water partition coefficient (Wildman–Crippen LogP) is 1.42. The zero-order valence-electron chi connectivity index (χ0n) is 13.2. The molecule has 1 saturated heterocycles. The van der Waals surface area contributed by atoms with Crippen molar-refractivity contribution >= 4 is 0 Å². The maximum absolute atomic E-state index is 5.45. The highest BCUT2D eigenvalue weighted by Crippen LogP contribution is 2.32. The van der Waals surface area contributed by atoms with Crippen LogP contribution in [0.5, 0.6) is 11.5 Å². The number of hydrogen-bond donors (Lipinski definition) is 0. The second-order valence-electron chi connectivity index (χ2n) is 5.95. The average molecular weight is 316 g/mol. The molecule has 0 bridgehead atoms. The standard InChI is InChI=1S/C16H20N4O3/c1-12-17-18-16(23-12)10-20-6-4-19(5-7-20)9-13-2-3-14-15(8-13)22-11-21-14/h2-3,8H,4-7,9-11H2,1H3. The number of ether oxygens (including phenoxy) is 2. The van der Waals surface area contributed by atoms with E-state index >= 15 is 0 Å². The Kier molecular flexibility index (Phi) is 3.88. The van der Waals surface area contributed by atoms with Crippen LogP contribution in [0, 0.1) is 6.92 Å². The Morgan fingerprint density at radius 2 is 1.70 bits per heavy atom. The lowest BCUT2D eigenvalue weighted by molar-refractivity contribution is 0.114. The van der Waals surface area contributed by atoms with E-state index in [0.29, 0.717) is 18.6 Å². The van der Waals surface area contributed by atoms with Crippen LogP contribution in [-0.2, 0) is 13.1 Å². The molecule has 4 rings (SSSR count). The number of fused-ring (bicyclic) bond motifs is 1. The molecule has 0 unspecified atom stereocenters. The summed E-state index contributed by atoms with van der Waals surface area (Å²) in [4.78, 5) is 4.80. The van der Waals surface area contributed by atoms with Crippen molar-refractivity contribution in [3.8, 4) is 11.5 Å². The summed E-state index contributed by atoms with van der Waals surface area (Å²) in [5.41, 5.74) is 1.26. The van der Waals surface area contributed by atoms with E-state index in [9.17, 15) is 0 Å². The summed E-state index contributed by atoms with van der Waals surface area (Å²) in [7, 11) is 0. The Morgan fingerprint density at radius 3 is 2.43 bits per heavy atom. The van der Waals surface area contributed by atoms with Crippen LogP contribution in [0.2, 0.25) is 0 Å². The molecule has 1 fully saturated rings. The van der Waals surface area contributed by atoms with Gasteiger partial charge in [-0.2, -0.15) is 0 Å². The molecule has 2 aliphatic heterocycles. The molecule has 1 aromatic carbocycles. The molecular formula is C16H20N4O3. The van der Waals surface area contributed by atoms with Crippen LogP contribution in [-0.4, -0.2) is 53.0 Å². The third-order valence-electron chi connectivity index (χ3n) is 4.23. The fourth-order valence-corrected chi connectivity index (χ4v) is 3.00. The lowest BCUT2D eigenvalue weighted by atomic mass is 10.1. The molecule has 7 nitrogen and oxygen atoms in total. The summed E-state index contributed by atoms with van der Waals surface area (Å²) in [6, 6.07) is 6.18. The summed E-state index contributed by atoms with van der Waals surface area (Å²) >= 11 is 0. The van der Waals surface area contributed by atoms with Crippen molar-refractivity contribution in [2.75, 3.05) is 33.0 Å². The normalized spacial score (nSPS) is 18.5. The van der Waals surface area contributed by atoms with E-state index in [1.807, 2.05) is 13.0 Å². The van der Waals surface area contributed by atoms with Gasteiger partial charge in [0.15, 0.2) is 11.5 Å². The van der Waals surface area contributed by atoms with E-state index in [2.05, 4.69) is 32.1 Å². The van der Waals surface area contributed by atoms with Gasteiger partial charge in [-0.1, -0.05) is 6.07 Å². The van der Waals surface area contributed by atoms with Crippen LogP contribution in [0.4, 0.5) is 0 Å². The molecule has 0 spiro atoms. The van der Waals surface area contributed by atoms with Gasteiger partial charge in [0.05, 0.1) is 6.54 Å². The SMILES string of the molecule is Cc1nnc(CN2CCN(Cc3ccc4c(c3)OCO4)CC2)o1. The van der Waals surface area contributed by atoms with Crippen LogP contribution >= 0.6 is 0 Å². The maximum Gasteiger partial charge on any atom is 0.231 e. The highest BCUT2D eigenvalue weighted by molar-refractivity contribution is 5.44. The van der Waals surface area contributed by atoms with Crippen LogP contribution in [0.3, 0.4) is 0 Å². The second kappa shape index (κ2) is 6.17. The largest absolute Gasteiger partial charge is 0.454 e. The van der Waals surface area contributed by atoms with Gasteiger partial charge in [-0.25, -0.2) is 0 Å². The molecule has 0 atom stereocenters. The van der Waals surface area contributed by atoms with Crippen LogP contribution in [0.15, 0.2) is 22.6 Å². The van der Waals surface area contributed by atoms with Gasteiger partial charge < -0.3 is 13.9 Å². The Balaban J connectivity index is 1.29. The monoisotopic (exact) mass is 316 g/mol. The Morgan fingerprint density at radius 1 is 0.957 bits per heavy atom. The fourth-order valence-electron chi connectivity index (χ4n) is 3.00. The van der Waals surface area contributed by atoms with Gasteiger partial charge in [-0.3, -0.25) is 9.80 Å². The Labute approximate surface area is 134 Å². The quantitative estimate of drug-likeness (QED) is 0.845. The Hall–Kier alpha value is -2.12. The fraction of sp³-hybridized carbons (Fsp3) is 0.500. The average Bonchev–Trinajstić information content (AvgIpc) is 3.17. The molecule has 3 heterocycles. The van der Waals surface area contributed by atoms with E-state index in [1.165, 1.54) is 5.56 Å². The number of aryl methyl sites for hydroxylation is 1. The van der Waals surface area contributed by atoms with E-state index in [1.54, 1.807) is 0 Å². The van der Waals surface area contributed by atoms with Crippen LogP contribution in [0.1, 0.15) is 17.3 Å². The summed E-state index contributed by atoms with van der Waals surface area (Å²) in [5, 5.41) is 7.94. The molecule has 2 aromatic rings. The lowest BCUT2D eigenvalue weighted by Gasteiger charge is -2.33. The highest BCUT2D eigenvalue weighted by Gasteiger charge is 2.20. The van der Waals surface area contributed by atoms with Crippen LogP contribution < -0.4 is 9.47 Å².